The maximum Gasteiger partial charge on any atom is 0.422 e. The SMILES string of the molecule is CCOc1cccc(OCC(F)(F)F)c1CN. The maximum atomic E-state index is 12.0. The fourth-order valence-corrected chi connectivity index (χ4v) is 1.33. The first-order valence-corrected chi connectivity index (χ1v) is 5.12. The third-order valence-corrected chi connectivity index (χ3v) is 1.99. The minimum absolute atomic E-state index is 0.0589. The molecule has 0 aliphatic heterocycles. The molecular formula is C11H14F3NO2. The summed E-state index contributed by atoms with van der Waals surface area (Å²) in [5, 5.41) is 0. The van der Waals surface area contributed by atoms with Gasteiger partial charge in [0, 0.05) is 12.1 Å². The average Bonchev–Trinajstić information content (AvgIpc) is 2.26. The largest absolute Gasteiger partial charge is 0.493 e. The van der Waals surface area contributed by atoms with Crippen molar-refractivity contribution >= 4 is 0 Å². The predicted molar refractivity (Wildman–Crippen MR) is 57.1 cm³/mol. The minimum Gasteiger partial charge on any atom is -0.493 e. The maximum absolute atomic E-state index is 12.0. The molecule has 0 heterocycles. The summed E-state index contributed by atoms with van der Waals surface area (Å²) in [6.07, 6.45) is -4.37. The highest BCUT2D eigenvalue weighted by Crippen LogP contribution is 2.29. The smallest absolute Gasteiger partial charge is 0.422 e. The van der Waals surface area contributed by atoms with Gasteiger partial charge in [0.2, 0.25) is 0 Å². The summed E-state index contributed by atoms with van der Waals surface area (Å²) < 4.78 is 46.1. The van der Waals surface area contributed by atoms with Gasteiger partial charge in [-0.2, -0.15) is 13.2 Å². The second-order valence-corrected chi connectivity index (χ2v) is 3.27. The molecule has 0 aliphatic rings. The molecule has 0 saturated heterocycles. The van der Waals surface area contributed by atoms with Gasteiger partial charge in [0.1, 0.15) is 11.5 Å². The van der Waals surface area contributed by atoms with E-state index in [2.05, 4.69) is 0 Å². The van der Waals surface area contributed by atoms with Gasteiger partial charge in [-0.05, 0) is 19.1 Å². The summed E-state index contributed by atoms with van der Waals surface area (Å²) in [7, 11) is 0. The standard InChI is InChI=1S/C11H14F3NO2/c1-2-16-9-4-3-5-10(8(9)6-15)17-7-11(12,13)14/h3-5H,2,6-7,15H2,1H3. The molecule has 0 atom stereocenters. The van der Waals surface area contributed by atoms with E-state index in [-0.39, 0.29) is 12.3 Å². The van der Waals surface area contributed by atoms with Crippen molar-refractivity contribution in [3.8, 4) is 11.5 Å². The lowest BCUT2D eigenvalue weighted by Gasteiger charge is -2.15. The third kappa shape index (κ3) is 4.14. The molecule has 1 rings (SSSR count). The Morgan fingerprint density at radius 2 is 1.76 bits per heavy atom. The molecule has 3 nitrogen and oxygen atoms in total. The lowest BCUT2D eigenvalue weighted by molar-refractivity contribution is -0.153. The molecule has 96 valence electrons. The van der Waals surface area contributed by atoms with Gasteiger partial charge in [-0.3, -0.25) is 0 Å². The van der Waals surface area contributed by atoms with E-state index in [4.69, 9.17) is 15.2 Å². The van der Waals surface area contributed by atoms with Crippen LogP contribution in [0.25, 0.3) is 0 Å². The van der Waals surface area contributed by atoms with E-state index >= 15 is 0 Å². The number of hydrogen-bond donors (Lipinski definition) is 1. The van der Waals surface area contributed by atoms with Crippen LogP contribution in [0.3, 0.4) is 0 Å². The molecule has 2 N–H and O–H groups in total. The van der Waals surface area contributed by atoms with Gasteiger partial charge in [0.15, 0.2) is 6.61 Å². The zero-order valence-corrected chi connectivity index (χ0v) is 9.38. The van der Waals surface area contributed by atoms with Crippen molar-refractivity contribution in [3.05, 3.63) is 23.8 Å². The van der Waals surface area contributed by atoms with Crippen molar-refractivity contribution in [2.24, 2.45) is 5.73 Å². The lowest BCUT2D eigenvalue weighted by atomic mass is 10.2. The first kappa shape index (κ1) is 13.6. The van der Waals surface area contributed by atoms with Crippen LogP contribution in [0.2, 0.25) is 0 Å². The highest BCUT2D eigenvalue weighted by atomic mass is 19.4. The van der Waals surface area contributed by atoms with Gasteiger partial charge in [-0.15, -0.1) is 0 Å². The van der Waals surface area contributed by atoms with E-state index < -0.39 is 12.8 Å². The predicted octanol–water partition coefficient (Wildman–Crippen LogP) is 2.49. The van der Waals surface area contributed by atoms with Crippen LogP contribution in [-0.4, -0.2) is 19.4 Å². The van der Waals surface area contributed by atoms with Crippen molar-refractivity contribution < 1.29 is 22.6 Å². The van der Waals surface area contributed by atoms with Gasteiger partial charge in [-0.1, -0.05) is 6.07 Å². The molecular weight excluding hydrogens is 235 g/mol. The molecule has 0 amide bonds. The van der Waals surface area contributed by atoms with Gasteiger partial charge < -0.3 is 15.2 Å². The number of nitrogens with two attached hydrogens (primary N) is 1. The molecule has 1 aromatic carbocycles. The van der Waals surface area contributed by atoms with Crippen LogP contribution in [0.15, 0.2) is 18.2 Å². The van der Waals surface area contributed by atoms with Crippen LogP contribution in [0.4, 0.5) is 13.2 Å². The molecule has 1 aromatic rings. The molecule has 0 radical (unpaired) electrons. The molecule has 0 fully saturated rings. The Morgan fingerprint density at radius 1 is 1.18 bits per heavy atom. The molecule has 0 unspecified atom stereocenters. The number of alkyl halides is 3. The van der Waals surface area contributed by atoms with Crippen LogP contribution in [-0.2, 0) is 6.54 Å². The van der Waals surface area contributed by atoms with Crippen molar-refractivity contribution in [3.63, 3.8) is 0 Å². The van der Waals surface area contributed by atoms with Crippen molar-refractivity contribution in [1.29, 1.82) is 0 Å². The van der Waals surface area contributed by atoms with Crippen molar-refractivity contribution in [2.75, 3.05) is 13.2 Å². The molecule has 17 heavy (non-hydrogen) atoms. The molecule has 0 saturated carbocycles. The molecule has 0 bridgehead atoms. The second-order valence-electron chi connectivity index (χ2n) is 3.27. The number of halogens is 3. The minimum atomic E-state index is -4.37. The first-order valence-electron chi connectivity index (χ1n) is 5.12. The van der Waals surface area contributed by atoms with Gasteiger partial charge in [-0.25, -0.2) is 0 Å². The summed E-state index contributed by atoms with van der Waals surface area (Å²) in [6.45, 7) is 0.915. The topological polar surface area (TPSA) is 44.5 Å². The fourth-order valence-electron chi connectivity index (χ4n) is 1.33. The highest BCUT2D eigenvalue weighted by Gasteiger charge is 2.29. The summed E-state index contributed by atoms with van der Waals surface area (Å²) >= 11 is 0. The van der Waals surface area contributed by atoms with Crippen LogP contribution in [0.1, 0.15) is 12.5 Å². The van der Waals surface area contributed by atoms with Gasteiger partial charge in [0.25, 0.3) is 0 Å². The Balaban J connectivity index is 2.87. The number of benzene rings is 1. The van der Waals surface area contributed by atoms with E-state index in [1.807, 2.05) is 0 Å². The first-order chi connectivity index (χ1) is 7.98. The Kier molecular flexibility index (Phi) is 4.62. The average molecular weight is 249 g/mol. The molecule has 0 aliphatic carbocycles. The second kappa shape index (κ2) is 5.77. The van der Waals surface area contributed by atoms with Crippen LogP contribution in [0, 0.1) is 0 Å². The Hall–Kier alpha value is -1.43. The van der Waals surface area contributed by atoms with Crippen LogP contribution >= 0.6 is 0 Å². The van der Waals surface area contributed by atoms with E-state index in [9.17, 15) is 13.2 Å². The van der Waals surface area contributed by atoms with Crippen LogP contribution < -0.4 is 15.2 Å². The monoisotopic (exact) mass is 249 g/mol. The Labute approximate surface area is 97.3 Å². The quantitative estimate of drug-likeness (QED) is 0.871. The van der Waals surface area contributed by atoms with Crippen molar-refractivity contribution in [1.82, 2.24) is 0 Å². The third-order valence-electron chi connectivity index (χ3n) is 1.99. The Bertz CT molecular complexity index is 366. The number of hydrogen-bond acceptors (Lipinski definition) is 3. The summed E-state index contributed by atoms with van der Waals surface area (Å²) in [5.41, 5.74) is 5.92. The molecule has 6 heteroatoms. The van der Waals surface area contributed by atoms with E-state index in [1.165, 1.54) is 6.07 Å². The van der Waals surface area contributed by atoms with E-state index in [0.29, 0.717) is 17.9 Å². The lowest BCUT2D eigenvalue weighted by Crippen LogP contribution is -2.20. The van der Waals surface area contributed by atoms with Crippen molar-refractivity contribution in [2.45, 2.75) is 19.6 Å². The number of ether oxygens (including phenoxy) is 2. The number of rotatable bonds is 5. The Morgan fingerprint density at radius 3 is 2.24 bits per heavy atom. The van der Waals surface area contributed by atoms with E-state index in [1.54, 1.807) is 19.1 Å². The van der Waals surface area contributed by atoms with Crippen LogP contribution in [0.5, 0.6) is 11.5 Å². The molecule has 0 spiro atoms. The van der Waals surface area contributed by atoms with Gasteiger partial charge in [0.05, 0.1) is 6.61 Å². The normalized spacial score (nSPS) is 11.4. The molecule has 0 aromatic heterocycles. The van der Waals surface area contributed by atoms with Gasteiger partial charge >= 0.3 is 6.18 Å². The zero-order valence-electron chi connectivity index (χ0n) is 9.38. The highest BCUT2D eigenvalue weighted by molar-refractivity contribution is 5.44. The summed E-state index contributed by atoms with van der Waals surface area (Å²) in [5.74, 6) is 0.561. The van der Waals surface area contributed by atoms with E-state index in [0.717, 1.165) is 0 Å². The fraction of sp³-hybridized carbons (Fsp3) is 0.455. The zero-order chi connectivity index (χ0) is 12.9. The summed E-state index contributed by atoms with van der Waals surface area (Å²) in [6, 6.07) is 4.65. The summed E-state index contributed by atoms with van der Waals surface area (Å²) in [4.78, 5) is 0.